The van der Waals surface area contributed by atoms with Crippen LogP contribution in [0.1, 0.15) is 168 Å². The lowest BCUT2D eigenvalue weighted by Crippen LogP contribution is -2.29. The van der Waals surface area contributed by atoms with Crippen molar-refractivity contribution in [2.75, 3.05) is 33.4 Å². The smallest absolute Gasteiger partial charge is 0.462 e. The van der Waals surface area contributed by atoms with Gasteiger partial charge in [-0.05, 0) is 52.0 Å². The maximum Gasteiger partial charge on any atom is 0.472 e. The second kappa shape index (κ2) is 35.3. The van der Waals surface area contributed by atoms with E-state index >= 15 is 0 Å². The zero-order valence-corrected chi connectivity index (χ0v) is 31.8. The van der Waals surface area contributed by atoms with Crippen LogP contribution in [0.5, 0.6) is 0 Å². The van der Waals surface area contributed by atoms with Gasteiger partial charge in [0.2, 0.25) is 0 Å². The summed E-state index contributed by atoms with van der Waals surface area (Å²) in [5.41, 5.74) is 0. The van der Waals surface area contributed by atoms with E-state index in [0.29, 0.717) is 13.0 Å². The zero-order chi connectivity index (χ0) is 35.4. The molecule has 0 saturated carbocycles. The molecule has 9 nitrogen and oxygen atoms in total. The summed E-state index contributed by atoms with van der Waals surface area (Å²) in [5, 5.41) is 2.82. The molecule has 0 amide bonds. The van der Waals surface area contributed by atoms with Crippen molar-refractivity contribution in [1.29, 1.82) is 0 Å². The van der Waals surface area contributed by atoms with E-state index in [4.69, 9.17) is 18.5 Å². The molecule has 2 unspecified atom stereocenters. The van der Waals surface area contributed by atoms with Crippen molar-refractivity contribution in [1.82, 2.24) is 5.32 Å². The Kier molecular flexibility index (Phi) is 34.2. The van der Waals surface area contributed by atoms with Gasteiger partial charge < -0.3 is 19.7 Å². The maximum absolute atomic E-state index is 12.5. The highest BCUT2D eigenvalue weighted by molar-refractivity contribution is 7.47. The summed E-state index contributed by atoms with van der Waals surface area (Å²) >= 11 is 0. The first-order valence-corrected chi connectivity index (χ1v) is 20.8. The van der Waals surface area contributed by atoms with Crippen LogP contribution >= 0.6 is 7.82 Å². The van der Waals surface area contributed by atoms with E-state index in [1.807, 2.05) is 0 Å². The summed E-state index contributed by atoms with van der Waals surface area (Å²) in [5.74, 6) is -0.822. The largest absolute Gasteiger partial charge is 0.472 e. The predicted molar refractivity (Wildman–Crippen MR) is 197 cm³/mol. The molecule has 2 atom stereocenters. The summed E-state index contributed by atoms with van der Waals surface area (Å²) in [6.07, 6.45) is 33.6. The number of esters is 2. The Hall–Kier alpha value is -1.51. The third kappa shape index (κ3) is 34.4. The molecular weight excluding hydrogens is 629 g/mol. The Morgan fingerprint density at radius 1 is 0.646 bits per heavy atom. The first-order valence-electron chi connectivity index (χ1n) is 19.3. The van der Waals surface area contributed by atoms with Crippen LogP contribution in [0.4, 0.5) is 0 Å². The quantitative estimate of drug-likeness (QED) is 0.0284. The molecule has 0 aromatic heterocycles. The normalized spacial score (nSPS) is 13.7. The average Bonchev–Trinajstić information content (AvgIpc) is 3.06. The second-order valence-electron chi connectivity index (χ2n) is 12.8. The van der Waals surface area contributed by atoms with Crippen LogP contribution in [0.3, 0.4) is 0 Å². The van der Waals surface area contributed by atoms with Gasteiger partial charge in [0.05, 0.1) is 13.2 Å². The molecule has 10 heteroatoms. The Labute approximate surface area is 294 Å². The molecule has 0 radical (unpaired) electrons. The summed E-state index contributed by atoms with van der Waals surface area (Å²) in [4.78, 5) is 34.8. The van der Waals surface area contributed by atoms with Crippen molar-refractivity contribution < 1.29 is 37.6 Å². The van der Waals surface area contributed by atoms with Crippen molar-refractivity contribution in [3.05, 3.63) is 24.3 Å². The molecule has 0 aromatic rings. The van der Waals surface area contributed by atoms with E-state index in [-0.39, 0.29) is 32.0 Å². The van der Waals surface area contributed by atoms with Crippen LogP contribution in [-0.2, 0) is 32.7 Å². The molecule has 0 aliphatic carbocycles. The van der Waals surface area contributed by atoms with E-state index in [2.05, 4.69) is 43.5 Å². The number of likely N-dealkylation sites (N-methyl/N-ethyl adjacent to an activating group) is 1. The van der Waals surface area contributed by atoms with Gasteiger partial charge in [-0.15, -0.1) is 0 Å². The van der Waals surface area contributed by atoms with Gasteiger partial charge in [0.25, 0.3) is 0 Å². The number of phosphoric ester groups is 1. The molecule has 0 fully saturated rings. The zero-order valence-electron chi connectivity index (χ0n) is 30.9. The third-order valence-electron chi connectivity index (χ3n) is 8.07. The lowest BCUT2D eigenvalue weighted by Gasteiger charge is -2.20. The fourth-order valence-electron chi connectivity index (χ4n) is 5.11. The fraction of sp³-hybridized carbons (Fsp3) is 0.842. The number of phosphoric acid groups is 1. The van der Waals surface area contributed by atoms with E-state index in [1.54, 1.807) is 7.05 Å². The number of ether oxygens (including phenoxy) is 2. The van der Waals surface area contributed by atoms with Crippen molar-refractivity contribution in [2.45, 2.75) is 174 Å². The predicted octanol–water partition coefficient (Wildman–Crippen LogP) is 10.3. The van der Waals surface area contributed by atoms with Gasteiger partial charge in [0.1, 0.15) is 6.61 Å². The van der Waals surface area contributed by atoms with Crippen LogP contribution in [-0.4, -0.2) is 56.3 Å². The molecule has 0 spiro atoms. The minimum Gasteiger partial charge on any atom is -0.462 e. The fourth-order valence-corrected chi connectivity index (χ4v) is 5.86. The number of hydrogen-bond donors (Lipinski definition) is 2. The Morgan fingerprint density at radius 2 is 1.12 bits per heavy atom. The number of hydrogen-bond acceptors (Lipinski definition) is 8. The van der Waals surface area contributed by atoms with E-state index in [9.17, 15) is 19.0 Å². The topological polar surface area (TPSA) is 120 Å². The summed E-state index contributed by atoms with van der Waals surface area (Å²) in [6.45, 7) is 4.17. The van der Waals surface area contributed by atoms with Gasteiger partial charge in [0, 0.05) is 19.4 Å². The molecule has 0 aromatic carbocycles. The number of unbranched alkanes of at least 4 members (excludes halogenated alkanes) is 18. The Morgan fingerprint density at radius 3 is 1.69 bits per heavy atom. The minimum atomic E-state index is -4.34. The molecule has 0 bridgehead atoms. The number of carbonyl (C=O) groups excluding carboxylic acids is 2. The molecule has 0 heterocycles. The molecule has 48 heavy (non-hydrogen) atoms. The molecule has 0 rings (SSSR count). The van der Waals surface area contributed by atoms with Crippen LogP contribution in [0, 0.1) is 0 Å². The first kappa shape index (κ1) is 46.5. The summed E-state index contributed by atoms with van der Waals surface area (Å²) in [6, 6.07) is 0. The molecule has 0 aliphatic rings. The number of carbonyl (C=O) groups is 2. The Balaban J connectivity index is 4.29. The van der Waals surface area contributed by atoms with Crippen LogP contribution < -0.4 is 5.32 Å². The van der Waals surface area contributed by atoms with Crippen LogP contribution in [0.25, 0.3) is 0 Å². The molecular formula is C38H72NO8P. The monoisotopic (exact) mass is 701 g/mol. The van der Waals surface area contributed by atoms with E-state index < -0.39 is 26.5 Å². The maximum atomic E-state index is 12.5. The van der Waals surface area contributed by atoms with E-state index in [0.717, 1.165) is 57.8 Å². The van der Waals surface area contributed by atoms with Gasteiger partial charge in [-0.2, -0.15) is 0 Å². The van der Waals surface area contributed by atoms with Crippen molar-refractivity contribution in [3.63, 3.8) is 0 Å². The lowest BCUT2D eigenvalue weighted by atomic mass is 10.1. The summed E-state index contributed by atoms with van der Waals surface area (Å²) < 4.78 is 33.0. The van der Waals surface area contributed by atoms with Gasteiger partial charge in [-0.25, -0.2) is 4.57 Å². The minimum absolute atomic E-state index is 0.0177. The van der Waals surface area contributed by atoms with Crippen molar-refractivity contribution in [3.8, 4) is 0 Å². The molecule has 0 aliphatic heterocycles. The van der Waals surface area contributed by atoms with Crippen molar-refractivity contribution in [2.24, 2.45) is 0 Å². The van der Waals surface area contributed by atoms with Gasteiger partial charge >= 0.3 is 19.8 Å². The van der Waals surface area contributed by atoms with Gasteiger partial charge in [0.15, 0.2) is 6.10 Å². The highest BCUT2D eigenvalue weighted by Crippen LogP contribution is 2.43. The van der Waals surface area contributed by atoms with Crippen molar-refractivity contribution >= 4 is 19.8 Å². The number of rotatable bonds is 36. The molecule has 0 saturated heterocycles. The average molecular weight is 702 g/mol. The molecule has 282 valence electrons. The van der Waals surface area contributed by atoms with Crippen LogP contribution in [0.15, 0.2) is 24.3 Å². The van der Waals surface area contributed by atoms with Crippen LogP contribution in [0.2, 0.25) is 0 Å². The first-order chi connectivity index (χ1) is 23.3. The van der Waals surface area contributed by atoms with Gasteiger partial charge in [-0.3, -0.25) is 18.6 Å². The number of nitrogens with one attached hydrogen (secondary N) is 1. The second-order valence-corrected chi connectivity index (χ2v) is 14.2. The SMILES string of the molecule is CCCCC/C=C\C/C=C\CCCCCCCC(=O)OCC(COP(=O)(O)OCCNC)OC(=O)CCCCCCCCCCCCC. The van der Waals surface area contributed by atoms with E-state index in [1.165, 1.54) is 77.0 Å². The highest BCUT2D eigenvalue weighted by atomic mass is 31.2. The number of allylic oxidation sites excluding steroid dienone is 4. The molecule has 2 N–H and O–H groups in total. The standard InChI is InChI=1S/C38H72NO8P/c1-4-6-8-10-12-14-16-17-18-19-21-22-24-26-28-30-37(40)44-34-36(35-46-48(42,43)45-33-32-39-3)47-38(41)31-29-27-25-23-20-15-13-11-9-7-5-2/h12,14,17-18,36,39H,4-11,13,15-16,19-35H2,1-3H3,(H,42,43)/b14-12-,18-17-. The van der Waals surface area contributed by atoms with Gasteiger partial charge in [-0.1, -0.05) is 134 Å². The Bertz CT molecular complexity index is 851. The highest BCUT2D eigenvalue weighted by Gasteiger charge is 2.26. The summed E-state index contributed by atoms with van der Waals surface area (Å²) in [7, 11) is -2.64. The lowest BCUT2D eigenvalue weighted by molar-refractivity contribution is -0.161. The third-order valence-corrected chi connectivity index (χ3v) is 9.06.